The van der Waals surface area contributed by atoms with Gasteiger partial charge in [0, 0.05) is 17.7 Å². The third kappa shape index (κ3) is 2.40. The highest BCUT2D eigenvalue weighted by Gasteiger charge is 2.27. The van der Waals surface area contributed by atoms with Gasteiger partial charge in [0.15, 0.2) is 5.78 Å². The van der Waals surface area contributed by atoms with Crippen LogP contribution in [0.1, 0.15) is 23.7 Å². The van der Waals surface area contributed by atoms with E-state index in [4.69, 9.17) is 12.2 Å². The summed E-state index contributed by atoms with van der Waals surface area (Å²) in [6.45, 7) is 1.49. The molecule has 0 spiro atoms. The molecule has 1 aliphatic rings. The van der Waals surface area contributed by atoms with E-state index in [1.54, 1.807) is 24.3 Å². The molecule has 0 bridgehead atoms. The number of amides is 1. The van der Waals surface area contributed by atoms with Gasteiger partial charge in [0.1, 0.15) is 4.32 Å². The lowest BCUT2D eigenvalue weighted by molar-refractivity contribution is -0.117. The van der Waals surface area contributed by atoms with Crippen molar-refractivity contribution in [2.45, 2.75) is 13.3 Å². The number of para-hydroxylation sites is 1. The molecule has 0 N–H and O–H groups in total. The second-order valence-corrected chi connectivity index (χ2v) is 5.40. The maximum atomic E-state index is 11.9. The maximum Gasteiger partial charge on any atom is 0.233 e. The number of carbonyl (C=O) groups excluding carboxylic acids is 2. The molecule has 1 amide bonds. The summed E-state index contributed by atoms with van der Waals surface area (Å²) in [5.41, 5.74) is 1.13. The topological polar surface area (TPSA) is 37.4 Å². The second kappa shape index (κ2) is 4.98. The quantitative estimate of drug-likeness (QED) is 0.608. The Morgan fingerprint density at radius 1 is 1.41 bits per heavy atom. The molecular formula is C12H11NO2S2. The molecule has 1 heterocycles. The maximum absolute atomic E-state index is 11.9. The molecule has 2 rings (SSSR count). The minimum Gasteiger partial charge on any atom is -0.294 e. The molecule has 0 unspecified atom stereocenters. The molecule has 1 aromatic rings. The lowest BCUT2D eigenvalue weighted by atomic mass is 10.1. The molecule has 0 aromatic heterocycles. The Bertz CT molecular complexity index is 483. The van der Waals surface area contributed by atoms with Crippen LogP contribution in [0, 0.1) is 0 Å². The van der Waals surface area contributed by atoms with E-state index in [1.807, 2.05) is 0 Å². The number of ketones is 1. The lowest BCUT2D eigenvalue weighted by Crippen LogP contribution is -2.38. The third-order valence-electron chi connectivity index (χ3n) is 2.50. The van der Waals surface area contributed by atoms with Crippen molar-refractivity contribution < 1.29 is 9.59 Å². The van der Waals surface area contributed by atoms with Crippen LogP contribution in [0.25, 0.3) is 0 Å². The normalized spacial score (nSPS) is 16.2. The van der Waals surface area contributed by atoms with Crippen molar-refractivity contribution in [1.82, 2.24) is 0 Å². The molecule has 1 aliphatic heterocycles. The molecule has 1 saturated heterocycles. The summed E-state index contributed by atoms with van der Waals surface area (Å²) in [7, 11) is 0. The summed E-state index contributed by atoms with van der Waals surface area (Å²) >= 11 is 6.66. The van der Waals surface area contributed by atoms with Crippen molar-refractivity contribution in [2.24, 2.45) is 0 Å². The number of thiocarbonyl (C=S) groups is 1. The zero-order valence-electron chi connectivity index (χ0n) is 9.30. The van der Waals surface area contributed by atoms with Gasteiger partial charge in [-0.15, -0.1) is 0 Å². The Hall–Kier alpha value is -1.20. The first-order chi connectivity index (χ1) is 8.11. The van der Waals surface area contributed by atoms with Gasteiger partial charge in [-0.2, -0.15) is 0 Å². The smallest absolute Gasteiger partial charge is 0.233 e. The minimum atomic E-state index is -0.0632. The standard InChI is InChI=1S/C12H11NO2S2/c1-8(14)9-4-2-3-5-10(9)13-11(15)6-7-17-12(13)16/h2-5H,6-7H2,1H3. The van der Waals surface area contributed by atoms with Gasteiger partial charge in [-0.3, -0.25) is 14.5 Å². The Morgan fingerprint density at radius 2 is 2.12 bits per heavy atom. The van der Waals surface area contributed by atoms with E-state index < -0.39 is 0 Å². The molecule has 0 saturated carbocycles. The van der Waals surface area contributed by atoms with E-state index in [-0.39, 0.29) is 11.7 Å². The zero-order chi connectivity index (χ0) is 12.4. The van der Waals surface area contributed by atoms with Crippen LogP contribution >= 0.6 is 24.0 Å². The Morgan fingerprint density at radius 3 is 2.76 bits per heavy atom. The third-order valence-corrected chi connectivity index (χ3v) is 3.87. The first-order valence-electron chi connectivity index (χ1n) is 5.21. The summed E-state index contributed by atoms with van der Waals surface area (Å²) in [5.74, 6) is 0.616. The molecule has 88 valence electrons. The molecule has 1 fully saturated rings. The Balaban J connectivity index is 2.48. The number of nitrogens with zero attached hydrogens (tertiary/aromatic N) is 1. The molecule has 17 heavy (non-hydrogen) atoms. The number of anilines is 1. The van der Waals surface area contributed by atoms with Crippen molar-refractivity contribution >= 4 is 45.7 Å². The first kappa shape index (κ1) is 12.3. The highest BCUT2D eigenvalue weighted by Crippen LogP contribution is 2.28. The zero-order valence-corrected chi connectivity index (χ0v) is 10.9. The van der Waals surface area contributed by atoms with Crippen molar-refractivity contribution in [2.75, 3.05) is 10.7 Å². The fourth-order valence-corrected chi connectivity index (χ4v) is 2.93. The van der Waals surface area contributed by atoms with Crippen molar-refractivity contribution in [3.05, 3.63) is 29.8 Å². The summed E-state index contributed by atoms with van der Waals surface area (Å²) in [4.78, 5) is 24.9. The Kier molecular flexibility index (Phi) is 3.59. The van der Waals surface area contributed by atoms with Crippen molar-refractivity contribution in [3.8, 4) is 0 Å². The fraction of sp³-hybridized carbons (Fsp3) is 0.250. The highest BCUT2D eigenvalue weighted by atomic mass is 32.2. The molecule has 0 aliphatic carbocycles. The SMILES string of the molecule is CC(=O)c1ccccc1N1C(=O)CCSC1=S. The van der Waals surface area contributed by atoms with Crippen LogP contribution in [-0.2, 0) is 4.79 Å². The molecule has 5 heteroatoms. The van der Waals surface area contributed by atoms with Gasteiger partial charge in [0.25, 0.3) is 0 Å². The van der Waals surface area contributed by atoms with Crippen LogP contribution in [0.3, 0.4) is 0 Å². The Labute approximate surface area is 109 Å². The monoisotopic (exact) mass is 265 g/mol. The van der Waals surface area contributed by atoms with E-state index in [0.717, 1.165) is 5.75 Å². The summed E-state index contributed by atoms with van der Waals surface area (Å²) in [6.07, 6.45) is 0.455. The van der Waals surface area contributed by atoms with Gasteiger partial charge in [-0.1, -0.05) is 36.1 Å². The number of thioether (sulfide) groups is 1. The largest absolute Gasteiger partial charge is 0.294 e. The van der Waals surface area contributed by atoms with Crippen molar-refractivity contribution in [3.63, 3.8) is 0 Å². The summed E-state index contributed by atoms with van der Waals surface area (Å²) in [6, 6.07) is 7.06. The van der Waals surface area contributed by atoms with E-state index in [9.17, 15) is 9.59 Å². The van der Waals surface area contributed by atoms with Gasteiger partial charge in [0.05, 0.1) is 5.69 Å². The van der Waals surface area contributed by atoms with Crippen LogP contribution in [0.2, 0.25) is 0 Å². The molecule has 1 aromatic carbocycles. The number of benzene rings is 1. The summed E-state index contributed by atoms with van der Waals surface area (Å²) in [5, 5.41) is 0. The van der Waals surface area contributed by atoms with E-state index >= 15 is 0 Å². The van der Waals surface area contributed by atoms with Crippen LogP contribution in [0.15, 0.2) is 24.3 Å². The lowest BCUT2D eigenvalue weighted by Gasteiger charge is -2.28. The van der Waals surface area contributed by atoms with Crippen LogP contribution in [-0.4, -0.2) is 21.8 Å². The summed E-state index contributed by atoms with van der Waals surface area (Å²) < 4.78 is 0.523. The second-order valence-electron chi connectivity index (χ2n) is 3.67. The number of carbonyl (C=O) groups is 2. The van der Waals surface area contributed by atoms with Crippen LogP contribution in [0.5, 0.6) is 0 Å². The minimum absolute atomic E-state index is 0.0394. The number of Topliss-reactive ketones (excluding diaryl/α,β-unsaturated/α-hetero) is 1. The number of hydrogen-bond acceptors (Lipinski definition) is 4. The van der Waals surface area contributed by atoms with Gasteiger partial charge in [0.2, 0.25) is 5.91 Å². The first-order valence-corrected chi connectivity index (χ1v) is 6.60. The number of hydrogen-bond donors (Lipinski definition) is 0. The average molecular weight is 265 g/mol. The highest BCUT2D eigenvalue weighted by molar-refractivity contribution is 8.23. The number of rotatable bonds is 2. The fourth-order valence-electron chi connectivity index (χ4n) is 1.70. The van der Waals surface area contributed by atoms with Gasteiger partial charge >= 0.3 is 0 Å². The molecule has 0 radical (unpaired) electrons. The van der Waals surface area contributed by atoms with Crippen LogP contribution in [0.4, 0.5) is 5.69 Å². The van der Waals surface area contributed by atoms with Gasteiger partial charge < -0.3 is 0 Å². The predicted octanol–water partition coefficient (Wildman–Crippen LogP) is 2.64. The van der Waals surface area contributed by atoms with Crippen LogP contribution < -0.4 is 4.90 Å². The van der Waals surface area contributed by atoms with E-state index in [0.29, 0.717) is 22.0 Å². The van der Waals surface area contributed by atoms with Gasteiger partial charge in [-0.25, -0.2) is 0 Å². The molecular weight excluding hydrogens is 254 g/mol. The predicted molar refractivity (Wildman–Crippen MR) is 73.6 cm³/mol. The molecule has 0 atom stereocenters. The van der Waals surface area contributed by atoms with Gasteiger partial charge in [-0.05, 0) is 19.1 Å². The van der Waals surface area contributed by atoms with Crippen molar-refractivity contribution in [1.29, 1.82) is 0 Å². The van der Waals surface area contributed by atoms with E-state index in [2.05, 4.69) is 0 Å². The molecule has 3 nitrogen and oxygen atoms in total. The average Bonchev–Trinajstić information content (AvgIpc) is 2.29. The van der Waals surface area contributed by atoms with E-state index in [1.165, 1.54) is 23.6 Å².